The number of rotatable bonds is 5. The summed E-state index contributed by atoms with van der Waals surface area (Å²) >= 11 is 0. The molecule has 1 aromatic carbocycles. The van der Waals surface area contributed by atoms with Crippen LogP contribution in [0.3, 0.4) is 0 Å². The number of benzene rings is 1. The molecule has 1 N–H and O–H groups in total. The van der Waals surface area contributed by atoms with Crippen molar-refractivity contribution in [2.24, 2.45) is 5.92 Å². The van der Waals surface area contributed by atoms with Crippen molar-refractivity contribution >= 4 is 0 Å². The molecule has 0 spiro atoms. The molecule has 0 amide bonds. The number of nitrogens with one attached hydrogen (secondary N) is 1. The Morgan fingerprint density at radius 3 is 2.87 bits per heavy atom. The van der Waals surface area contributed by atoms with Crippen LogP contribution in [0.25, 0.3) is 0 Å². The van der Waals surface area contributed by atoms with E-state index in [0.717, 1.165) is 24.6 Å². The molecular weight excluding hydrogens is 189 g/mol. The van der Waals surface area contributed by atoms with Gasteiger partial charge >= 0.3 is 0 Å². The van der Waals surface area contributed by atoms with Gasteiger partial charge in [-0.3, -0.25) is 0 Å². The van der Waals surface area contributed by atoms with Crippen molar-refractivity contribution in [1.82, 2.24) is 5.32 Å². The van der Waals surface area contributed by atoms with Gasteiger partial charge in [0.05, 0.1) is 0 Å². The van der Waals surface area contributed by atoms with E-state index in [1.807, 2.05) is 6.07 Å². The summed E-state index contributed by atoms with van der Waals surface area (Å²) in [6.07, 6.45) is 5.49. The van der Waals surface area contributed by atoms with Crippen molar-refractivity contribution in [3.63, 3.8) is 0 Å². The van der Waals surface area contributed by atoms with Gasteiger partial charge < -0.3 is 5.32 Å². The summed E-state index contributed by atoms with van der Waals surface area (Å²) in [5.74, 6) is 0.804. The minimum absolute atomic E-state index is 0.145. The van der Waals surface area contributed by atoms with Gasteiger partial charge in [0.1, 0.15) is 5.82 Å². The fourth-order valence-corrected chi connectivity index (χ4v) is 1.97. The third-order valence-corrected chi connectivity index (χ3v) is 3.17. The van der Waals surface area contributed by atoms with Crippen molar-refractivity contribution in [1.29, 1.82) is 0 Å². The van der Waals surface area contributed by atoms with Crippen molar-refractivity contribution in [2.45, 2.75) is 32.2 Å². The lowest BCUT2D eigenvalue weighted by molar-refractivity contribution is 0.292. The van der Waals surface area contributed by atoms with Gasteiger partial charge in [0.15, 0.2) is 0 Å². The van der Waals surface area contributed by atoms with Crippen LogP contribution in [-0.2, 0) is 6.54 Å². The van der Waals surface area contributed by atoms with Crippen LogP contribution in [0.5, 0.6) is 0 Å². The normalized spacial score (nSPS) is 16.3. The zero-order valence-electron chi connectivity index (χ0n) is 9.01. The predicted molar refractivity (Wildman–Crippen MR) is 60.1 cm³/mol. The third kappa shape index (κ3) is 3.31. The third-order valence-electron chi connectivity index (χ3n) is 3.17. The van der Waals surface area contributed by atoms with Crippen LogP contribution in [0.15, 0.2) is 24.3 Å². The van der Waals surface area contributed by atoms with E-state index in [1.165, 1.54) is 31.7 Å². The number of hydrogen-bond donors (Lipinski definition) is 1. The van der Waals surface area contributed by atoms with Gasteiger partial charge in [-0.15, -0.1) is 0 Å². The predicted octanol–water partition coefficient (Wildman–Crippen LogP) is 3.11. The Balaban J connectivity index is 1.64. The van der Waals surface area contributed by atoms with Crippen molar-refractivity contribution in [3.8, 4) is 0 Å². The molecule has 0 aliphatic heterocycles. The first kappa shape index (κ1) is 10.6. The van der Waals surface area contributed by atoms with Crippen LogP contribution < -0.4 is 5.32 Å². The Kier molecular flexibility index (Phi) is 3.73. The fraction of sp³-hybridized carbons (Fsp3) is 0.538. The summed E-state index contributed by atoms with van der Waals surface area (Å²) in [4.78, 5) is 0. The maximum atomic E-state index is 12.8. The van der Waals surface area contributed by atoms with E-state index in [9.17, 15) is 4.39 Å². The molecule has 0 aromatic heterocycles. The van der Waals surface area contributed by atoms with Crippen LogP contribution in [0.1, 0.15) is 31.2 Å². The van der Waals surface area contributed by atoms with E-state index >= 15 is 0 Å². The molecule has 2 rings (SSSR count). The first-order valence-corrected chi connectivity index (χ1v) is 5.80. The summed E-state index contributed by atoms with van der Waals surface area (Å²) in [5.41, 5.74) is 1.03. The zero-order chi connectivity index (χ0) is 10.5. The Bertz CT molecular complexity index is 307. The minimum atomic E-state index is -0.145. The summed E-state index contributed by atoms with van der Waals surface area (Å²) in [5, 5.41) is 3.36. The first-order valence-electron chi connectivity index (χ1n) is 5.80. The minimum Gasteiger partial charge on any atom is -0.313 e. The van der Waals surface area contributed by atoms with E-state index in [2.05, 4.69) is 5.32 Å². The second kappa shape index (κ2) is 5.26. The van der Waals surface area contributed by atoms with Gasteiger partial charge in [0.25, 0.3) is 0 Å². The highest BCUT2D eigenvalue weighted by Gasteiger charge is 2.15. The van der Waals surface area contributed by atoms with Gasteiger partial charge in [-0.1, -0.05) is 31.4 Å². The molecule has 1 aliphatic rings. The van der Waals surface area contributed by atoms with Crippen LogP contribution in [0.4, 0.5) is 4.39 Å². The van der Waals surface area contributed by atoms with Crippen LogP contribution in [0, 0.1) is 11.7 Å². The van der Waals surface area contributed by atoms with Crippen LogP contribution in [-0.4, -0.2) is 6.54 Å². The second-order valence-corrected chi connectivity index (χ2v) is 4.39. The molecule has 0 atom stereocenters. The van der Waals surface area contributed by atoms with Gasteiger partial charge in [-0.05, 0) is 36.6 Å². The number of halogens is 1. The summed E-state index contributed by atoms with van der Waals surface area (Å²) in [7, 11) is 0. The molecule has 1 saturated carbocycles. The molecule has 82 valence electrons. The van der Waals surface area contributed by atoms with Crippen molar-refractivity contribution in [3.05, 3.63) is 35.6 Å². The molecule has 0 bridgehead atoms. The smallest absolute Gasteiger partial charge is 0.123 e. The largest absolute Gasteiger partial charge is 0.313 e. The summed E-state index contributed by atoms with van der Waals surface area (Å²) in [6.45, 7) is 1.84. The van der Waals surface area contributed by atoms with Crippen LogP contribution >= 0.6 is 0 Å². The number of hydrogen-bond acceptors (Lipinski definition) is 1. The van der Waals surface area contributed by atoms with E-state index in [-0.39, 0.29) is 5.82 Å². The second-order valence-electron chi connectivity index (χ2n) is 4.39. The highest BCUT2D eigenvalue weighted by molar-refractivity contribution is 5.15. The van der Waals surface area contributed by atoms with E-state index < -0.39 is 0 Å². The topological polar surface area (TPSA) is 12.0 Å². The SMILES string of the molecule is Fc1cccc(CNCCC2CCC2)c1. The van der Waals surface area contributed by atoms with Gasteiger partial charge in [-0.2, -0.15) is 0 Å². The molecule has 1 fully saturated rings. The summed E-state index contributed by atoms with van der Waals surface area (Å²) < 4.78 is 12.8. The zero-order valence-corrected chi connectivity index (χ0v) is 9.01. The standard InChI is InChI=1S/C13H18FN/c14-13-6-2-5-12(9-13)10-15-8-7-11-3-1-4-11/h2,5-6,9,11,15H,1,3-4,7-8,10H2. The van der Waals surface area contributed by atoms with Gasteiger partial charge in [0.2, 0.25) is 0 Å². The molecular formula is C13H18FN. The maximum absolute atomic E-state index is 12.8. The molecule has 1 aliphatic carbocycles. The average Bonchev–Trinajstić information content (AvgIpc) is 2.15. The molecule has 15 heavy (non-hydrogen) atoms. The highest BCUT2D eigenvalue weighted by Crippen LogP contribution is 2.28. The molecule has 0 heterocycles. The van der Waals surface area contributed by atoms with E-state index in [1.54, 1.807) is 12.1 Å². The molecule has 1 aromatic rings. The quantitative estimate of drug-likeness (QED) is 0.731. The van der Waals surface area contributed by atoms with Crippen LogP contribution in [0.2, 0.25) is 0 Å². The van der Waals surface area contributed by atoms with Crippen molar-refractivity contribution < 1.29 is 4.39 Å². The summed E-state index contributed by atoms with van der Waals surface area (Å²) in [6, 6.07) is 6.80. The van der Waals surface area contributed by atoms with E-state index in [4.69, 9.17) is 0 Å². The highest BCUT2D eigenvalue weighted by atomic mass is 19.1. The monoisotopic (exact) mass is 207 g/mol. The lowest BCUT2D eigenvalue weighted by atomic mass is 9.83. The molecule has 0 saturated heterocycles. The van der Waals surface area contributed by atoms with Gasteiger partial charge in [0, 0.05) is 6.54 Å². The molecule has 0 radical (unpaired) electrons. The Hall–Kier alpha value is -0.890. The Morgan fingerprint density at radius 2 is 2.20 bits per heavy atom. The lowest BCUT2D eigenvalue weighted by Gasteiger charge is -2.25. The molecule has 1 nitrogen and oxygen atoms in total. The van der Waals surface area contributed by atoms with Crippen molar-refractivity contribution in [2.75, 3.05) is 6.54 Å². The Morgan fingerprint density at radius 1 is 1.33 bits per heavy atom. The maximum Gasteiger partial charge on any atom is 0.123 e. The molecule has 0 unspecified atom stereocenters. The average molecular weight is 207 g/mol. The van der Waals surface area contributed by atoms with E-state index in [0.29, 0.717) is 0 Å². The van der Waals surface area contributed by atoms with Gasteiger partial charge in [-0.25, -0.2) is 4.39 Å². The Labute approximate surface area is 90.7 Å². The lowest BCUT2D eigenvalue weighted by Crippen LogP contribution is -2.21. The molecule has 2 heteroatoms. The fourth-order valence-electron chi connectivity index (χ4n) is 1.97. The first-order chi connectivity index (χ1) is 7.34.